The first-order valence-corrected chi connectivity index (χ1v) is 19.4. The third-order valence-corrected chi connectivity index (χ3v) is 9.21. The van der Waals surface area contributed by atoms with E-state index in [-0.39, 0.29) is 32.5 Å². The fraction of sp³-hybridized carbons (Fsp3) is 0.182. The molecule has 0 aliphatic rings. The average Bonchev–Trinajstić information content (AvgIpc) is 3.21. The predicted octanol–water partition coefficient (Wildman–Crippen LogP) is 9.98. The Morgan fingerprint density at radius 1 is 0.517 bits per heavy atom. The molecule has 5 rings (SSSR count). The maximum absolute atomic E-state index is 13.6. The summed E-state index contributed by atoms with van der Waals surface area (Å²) in [6, 6.07) is 26.5. The lowest BCUT2D eigenvalue weighted by Gasteiger charge is -2.19. The van der Waals surface area contributed by atoms with Crippen molar-refractivity contribution in [1.29, 1.82) is 0 Å². The molecule has 4 N–H and O–H groups in total. The molecule has 0 heterocycles. The first kappa shape index (κ1) is 44.2. The van der Waals surface area contributed by atoms with Gasteiger partial charge in [-0.15, -0.1) is 0 Å². The summed E-state index contributed by atoms with van der Waals surface area (Å²) >= 11 is 12.5. The molecule has 14 nitrogen and oxygen atoms in total. The molecule has 0 radical (unpaired) electrons. The summed E-state index contributed by atoms with van der Waals surface area (Å²) in [7, 11) is 0. The van der Waals surface area contributed by atoms with Crippen molar-refractivity contribution in [3.8, 4) is 0 Å². The number of azo groups is 2. The van der Waals surface area contributed by atoms with Gasteiger partial charge in [0.2, 0.25) is 12.1 Å². The van der Waals surface area contributed by atoms with E-state index in [1.54, 1.807) is 60.7 Å². The van der Waals surface area contributed by atoms with E-state index in [4.69, 9.17) is 23.2 Å². The molecule has 0 spiro atoms. The van der Waals surface area contributed by atoms with E-state index < -0.39 is 47.3 Å². The quantitative estimate of drug-likeness (QED) is 0.0562. The van der Waals surface area contributed by atoms with Crippen molar-refractivity contribution in [3.63, 3.8) is 0 Å². The molecule has 16 heteroatoms. The zero-order chi connectivity index (χ0) is 43.3. The fourth-order valence-electron chi connectivity index (χ4n) is 5.82. The molecule has 0 fully saturated rings. The van der Waals surface area contributed by atoms with Crippen LogP contribution in [0.15, 0.2) is 130 Å². The number of nitrogens with one attached hydrogen (secondary N) is 4. The predicted molar refractivity (Wildman–Crippen MR) is 232 cm³/mol. The number of Topliss-reactive ketones (excluding diaryl/α,β-unsaturated/α-hetero) is 2. The molecule has 2 atom stereocenters. The number of hydrogen-bond donors (Lipinski definition) is 4. The molecule has 0 bridgehead atoms. The molecule has 60 heavy (non-hydrogen) atoms. The molecule has 5 aromatic rings. The van der Waals surface area contributed by atoms with Crippen LogP contribution in [0.1, 0.15) is 59.5 Å². The van der Waals surface area contributed by atoms with Gasteiger partial charge >= 0.3 is 0 Å². The normalized spacial score (nSPS) is 12.1. The van der Waals surface area contributed by atoms with Crippen LogP contribution in [0, 0.1) is 0 Å². The van der Waals surface area contributed by atoms with Gasteiger partial charge in [-0.25, -0.2) is 0 Å². The van der Waals surface area contributed by atoms with Crippen molar-refractivity contribution in [3.05, 3.63) is 141 Å². The van der Waals surface area contributed by atoms with Crippen molar-refractivity contribution in [1.82, 2.24) is 0 Å². The van der Waals surface area contributed by atoms with Gasteiger partial charge < -0.3 is 21.3 Å². The second-order valence-corrected chi connectivity index (χ2v) is 14.2. The van der Waals surface area contributed by atoms with Crippen LogP contribution in [-0.2, 0) is 32.0 Å². The Hall–Kier alpha value is -6.90. The summed E-state index contributed by atoms with van der Waals surface area (Å²) in [5.41, 5.74) is 3.80. The Labute approximate surface area is 355 Å². The van der Waals surface area contributed by atoms with Crippen LogP contribution in [-0.4, -0.2) is 47.3 Å². The number of nitrogens with zero attached hydrogens (tertiary/aromatic N) is 4. The first-order valence-electron chi connectivity index (χ1n) is 18.7. The molecule has 0 aliphatic heterocycles. The standard InChI is InChI=1S/C44H40Cl2N8O6/c1-5-27-19-35(49-43(59)38(25(3)55)53-51-36-21-29(17-31(45)23-36)41(57)47-33-13-9-7-10-14-33)20-28(6-2)40(27)50-44(60)39(26(4)56)54-52-37-22-30(18-32(46)24-37)42(58)48-34-15-11-8-12-16-34/h7-24,38-39H,5-6H2,1-4H3,(H,47,57)(H,48,58)(H,49,59)(H,50,60). The number of amides is 4. The molecule has 306 valence electrons. The van der Waals surface area contributed by atoms with Crippen LogP contribution in [0.25, 0.3) is 0 Å². The molecule has 0 aliphatic carbocycles. The average molecular weight is 848 g/mol. The van der Waals surface area contributed by atoms with Crippen LogP contribution in [0.3, 0.4) is 0 Å². The van der Waals surface area contributed by atoms with Crippen molar-refractivity contribution < 1.29 is 28.8 Å². The number of hydrogen-bond acceptors (Lipinski definition) is 10. The van der Waals surface area contributed by atoms with Crippen LogP contribution in [0.2, 0.25) is 10.0 Å². The molecule has 0 aromatic heterocycles. The topological polar surface area (TPSA) is 200 Å². The molecule has 2 unspecified atom stereocenters. The monoisotopic (exact) mass is 846 g/mol. The molecule has 5 aromatic carbocycles. The van der Waals surface area contributed by atoms with E-state index in [0.717, 1.165) is 0 Å². The highest BCUT2D eigenvalue weighted by Crippen LogP contribution is 2.30. The van der Waals surface area contributed by atoms with Crippen LogP contribution in [0.4, 0.5) is 34.1 Å². The summed E-state index contributed by atoms with van der Waals surface area (Å²) in [5, 5.41) is 27.6. The van der Waals surface area contributed by atoms with E-state index in [9.17, 15) is 28.8 Å². The minimum Gasteiger partial charge on any atom is -0.324 e. The summed E-state index contributed by atoms with van der Waals surface area (Å²) in [6.45, 7) is 6.09. The van der Waals surface area contributed by atoms with E-state index in [1.165, 1.54) is 50.2 Å². The summed E-state index contributed by atoms with van der Waals surface area (Å²) < 4.78 is 0. The maximum Gasteiger partial charge on any atom is 0.258 e. The lowest BCUT2D eigenvalue weighted by molar-refractivity contribution is -0.127. The van der Waals surface area contributed by atoms with Crippen molar-refractivity contribution >= 4 is 92.5 Å². The van der Waals surface area contributed by atoms with Crippen molar-refractivity contribution in [2.45, 2.75) is 52.6 Å². The van der Waals surface area contributed by atoms with Gasteiger partial charge in [0.25, 0.3) is 23.6 Å². The van der Waals surface area contributed by atoms with Gasteiger partial charge in [-0.1, -0.05) is 73.4 Å². The molecular formula is C44H40Cl2N8O6. The van der Waals surface area contributed by atoms with E-state index >= 15 is 0 Å². The highest BCUT2D eigenvalue weighted by molar-refractivity contribution is 6.31. The van der Waals surface area contributed by atoms with E-state index in [0.29, 0.717) is 46.7 Å². The summed E-state index contributed by atoms with van der Waals surface area (Å²) in [5.74, 6) is -3.60. The van der Waals surface area contributed by atoms with Crippen LogP contribution < -0.4 is 21.3 Å². The third-order valence-electron chi connectivity index (χ3n) is 8.78. The van der Waals surface area contributed by atoms with Gasteiger partial charge in [0.05, 0.1) is 11.4 Å². The van der Waals surface area contributed by atoms with Crippen molar-refractivity contribution in [2.24, 2.45) is 20.5 Å². The number of aryl methyl sites for hydroxylation is 2. The number of benzene rings is 5. The minimum atomic E-state index is -1.55. The van der Waals surface area contributed by atoms with Gasteiger partial charge in [-0.05, 0) is 111 Å². The smallest absolute Gasteiger partial charge is 0.258 e. The Morgan fingerprint density at radius 3 is 1.30 bits per heavy atom. The molecular weight excluding hydrogens is 807 g/mol. The number of ketones is 2. The highest BCUT2D eigenvalue weighted by atomic mass is 35.5. The van der Waals surface area contributed by atoms with Gasteiger partial charge in [0, 0.05) is 43.9 Å². The Kier molecular flexibility index (Phi) is 15.2. The lowest BCUT2D eigenvalue weighted by Crippen LogP contribution is -2.33. The van der Waals surface area contributed by atoms with Gasteiger partial charge in [-0.3, -0.25) is 28.8 Å². The number of para-hydroxylation sites is 2. The lowest BCUT2D eigenvalue weighted by atomic mass is 10.0. The maximum atomic E-state index is 13.6. The Balaban J connectivity index is 1.31. The zero-order valence-corrected chi connectivity index (χ0v) is 34.5. The Bertz CT molecular complexity index is 2470. The number of rotatable bonds is 16. The second-order valence-electron chi connectivity index (χ2n) is 13.3. The van der Waals surface area contributed by atoms with E-state index in [1.807, 2.05) is 26.0 Å². The number of halogens is 2. The molecule has 4 amide bonds. The largest absolute Gasteiger partial charge is 0.324 e. The highest BCUT2D eigenvalue weighted by Gasteiger charge is 2.27. The number of carbonyl (C=O) groups is 6. The van der Waals surface area contributed by atoms with Gasteiger partial charge in [0.1, 0.15) is 0 Å². The number of anilines is 4. The molecule has 0 saturated carbocycles. The Morgan fingerprint density at radius 2 is 0.917 bits per heavy atom. The summed E-state index contributed by atoms with van der Waals surface area (Å²) in [4.78, 5) is 78.2. The molecule has 0 saturated heterocycles. The van der Waals surface area contributed by atoms with Crippen LogP contribution >= 0.6 is 23.2 Å². The fourth-order valence-corrected chi connectivity index (χ4v) is 6.28. The minimum absolute atomic E-state index is 0.147. The first-order chi connectivity index (χ1) is 28.7. The third kappa shape index (κ3) is 12.1. The second kappa shape index (κ2) is 20.7. The number of carbonyl (C=O) groups excluding carboxylic acids is 6. The van der Waals surface area contributed by atoms with E-state index in [2.05, 4.69) is 41.7 Å². The summed E-state index contributed by atoms with van der Waals surface area (Å²) in [6.07, 6.45) is 0.805. The van der Waals surface area contributed by atoms with Crippen LogP contribution in [0.5, 0.6) is 0 Å². The van der Waals surface area contributed by atoms with Crippen molar-refractivity contribution in [2.75, 3.05) is 21.3 Å². The van der Waals surface area contributed by atoms with Gasteiger partial charge in [0.15, 0.2) is 11.6 Å². The zero-order valence-electron chi connectivity index (χ0n) is 33.0. The van der Waals surface area contributed by atoms with Gasteiger partial charge in [-0.2, -0.15) is 20.5 Å². The SMILES string of the molecule is CCc1cc(NC(=O)C(N=Nc2cc(Cl)cc(C(=O)Nc3ccccc3)c2)C(C)=O)cc(CC)c1NC(=O)C(N=Nc1cc(Cl)cc(C(=O)Nc2ccccc2)c1)C(C)=O.